The van der Waals surface area contributed by atoms with E-state index >= 15 is 0 Å². The number of rotatable bonds is 9. The summed E-state index contributed by atoms with van der Waals surface area (Å²) in [6.45, 7) is 8.48. The molecule has 1 aliphatic rings. The first-order chi connectivity index (χ1) is 16.6. The molecule has 1 fully saturated rings. The van der Waals surface area contributed by atoms with Gasteiger partial charge in [0.05, 0.1) is 12.4 Å². The Kier molecular flexibility index (Phi) is 7.90. The molecule has 2 heterocycles. The molecule has 1 saturated heterocycles. The Hall–Kier alpha value is -3.26. The van der Waals surface area contributed by atoms with E-state index in [0.29, 0.717) is 11.7 Å². The molecule has 3 aromatic rings. The van der Waals surface area contributed by atoms with Gasteiger partial charge in [-0.2, -0.15) is 0 Å². The van der Waals surface area contributed by atoms with Crippen LogP contribution in [0, 0.1) is 0 Å². The summed E-state index contributed by atoms with van der Waals surface area (Å²) in [6, 6.07) is 15.8. The lowest BCUT2D eigenvalue weighted by molar-refractivity contribution is -0.115. The number of hydrogen-bond donors (Lipinski definition) is 1. The van der Waals surface area contributed by atoms with Crippen molar-refractivity contribution in [2.24, 2.45) is 0 Å². The fourth-order valence-electron chi connectivity index (χ4n) is 3.99. The van der Waals surface area contributed by atoms with E-state index in [0.717, 1.165) is 35.9 Å². The Bertz CT molecular complexity index is 1110. The molecule has 1 amide bonds. The van der Waals surface area contributed by atoms with Crippen molar-refractivity contribution in [1.82, 2.24) is 14.8 Å². The molecule has 7 nitrogen and oxygen atoms in total. The van der Waals surface area contributed by atoms with Gasteiger partial charge in [0.2, 0.25) is 5.91 Å². The van der Waals surface area contributed by atoms with Crippen LogP contribution < -0.4 is 15.0 Å². The summed E-state index contributed by atoms with van der Waals surface area (Å²) < 4.78 is 7.21. The van der Waals surface area contributed by atoms with Gasteiger partial charge in [-0.1, -0.05) is 17.8 Å². The van der Waals surface area contributed by atoms with Crippen LogP contribution in [-0.2, 0) is 11.3 Å². The minimum Gasteiger partial charge on any atom is -0.497 e. The zero-order valence-electron chi connectivity index (χ0n) is 19.7. The second-order valence-corrected chi connectivity index (χ2v) is 9.59. The minimum atomic E-state index is -0.349. The molecule has 4 rings (SSSR count). The standard InChI is InChI=1S/C26H31N5O2S/c1-4-16-31-24(20-8-14-23(33-3)15-9-20)28-29-26(31)34-19(2)25(32)27-21-10-12-22(13-11-21)30-17-6-5-7-18-30/h4,8-15,19H,1,5-7,16-18H2,2-3H3,(H,27,32). The summed E-state index contributed by atoms with van der Waals surface area (Å²) in [7, 11) is 1.64. The third-order valence-corrected chi connectivity index (χ3v) is 6.96. The van der Waals surface area contributed by atoms with Crippen LogP contribution in [0.4, 0.5) is 11.4 Å². The van der Waals surface area contributed by atoms with Gasteiger partial charge in [-0.15, -0.1) is 16.8 Å². The van der Waals surface area contributed by atoms with Crippen molar-refractivity contribution in [2.75, 3.05) is 30.4 Å². The van der Waals surface area contributed by atoms with E-state index in [2.05, 4.69) is 39.1 Å². The smallest absolute Gasteiger partial charge is 0.237 e. The number of amides is 1. The molecule has 1 aliphatic heterocycles. The Morgan fingerprint density at radius 2 is 1.82 bits per heavy atom. The van der Waals surface area contributed by atoms with Crippen LogP contribution in [0.1, 0.15) is 26.2 Å². The summed E-state index contributed by atoms with van der Waals surface area (Å²) in [5, 5.41) is 12.1. The van der Waals surface area contributed by atoms with Crippen molar-refractivity contribution in [3.63, 3.8) is 0 Å². The van der Waals surface area contributed by atoms with Crippen molar-refractivity contribution in [1.29, 1.82) is 0 Å². The monoisotopic (exact) mass is 477 g/mol. The van der Waals surface area contributed by atoms with E-state index in [4.69, 9.17) is 4.74 Å². The predicted octanol–water partition coefficient (Wildman–Crippen LogP) is 5.25. The highest BCUT2D eigenvalue weighted by atomic mass is 32.2. The highest BCUT2D eigenvalue weighted by molar-refractivity contribution is 8.00. The summed E-state index contributed by atoms with van der Waals surface area (Å²) in [5.74, 6) is 1.43. The van der Waals surface area contributed by atoms with Crippen molar-refractivity contribution in [3.8, 4) is 17.1 Å². The maximum absolute atomic E-state index is 12.9. The SMILES string of the molecule is C=CCn1c(SC(C)C(=O)Nc2ccc(N3CCCCC3)cc2)nnc1-c1ccc(OC)cc1. The van der Waals surface area contributed by atoms with Crippen LogP contribution in [0.25, 0.3) is 11.4 Å². The molecule has 8 heteroatoms. The second kappa shape index (κ2) is 11.2. The van der Waals surface area contributed by atoms with Crippen LogP contribution >= 0.6 is 11.8 Å². The molecule has 0 saturated carbocycles. The van der Waals surface area contributed by atoms with Crippen LogP contribution in [0.3, 0.4) is 0 Å². The molecular formula is C26H31N5O2S. The van der Waals surface area contributed by atoms with Gasteiger partial charge >= 0.3 is 0 Å². The number of methoxy groups -OCH3 is 1. The zero-order chi connectivity index (χ0) is 23.9. The zero-order valence-corrected chi connectivity index (χ0v) is 20.6. The van der Waals surface area contributed by atoms with Crippen molar-refractivity contribution < 1.29 is 9.53 Å². The maximum atomic E-state index is 12.9. The van der Waals surface area contributed by atoms with E-state index in [9.17, 15) is 4.79 Å². The van der Waals surface area contributed by atoms with Crippen molar-refractivity contribution in [2.45, 2.75) is 43.1 Å². The normalized spacial score (nSPS) is 14.5. The van der Waals surface area contributed by atoms with Crippen LogP contribution in [0.5, 0.6) is 5.75 Å². The van der Waals surface area contributed by atoms with Gasteiger partial charge in [-0.25, -0.2) is 0 Å². The fourth-order valence-corrected chi connectivity index (χ4v) is 4.84. The summed E-state index contributed by atoms with van der Waals surface area (Å²) >= 11 is 1.38. The molecule has 1 N–H and O–H groups in total. The number of hydrogen-bond acceptors (Lipinski definition) is 6. The van der Waals surface area contributed by atoms with Gasteiger partial charge in [0.15, 0.2) is 11.0 Å². The van der Waals surface area contributed by atoms with Gasteiger partial charge in [0.25, 0.3) is 0 Å². The lowest BCUT2D eigenvalue weighted by Gasteiger charge is -2.28. The Labute approximate surface area is 205 Å². The summed E-state index contributed by atoms with van der Waals surface area (Å²) in [4.78, 5) is 15.3. The third kappa shape index (κ3) is 5.62. The maximum Gasteiger partial charge on any atom is 0.237 e. The van der Waals surface area contributed by atoms with E-state index < -0.39 is 0 Å². The molecule has 0 radical (unpaired) electrons. The number of anilines is 2. The van der Waals surface area contributed by atoms with Gasteiger partial charge in [-0.05, 0) is 74.7 Å². The van der Waals surface area contributed by atoms with Crippen molar-refractivity contribution in [3.05, 3.63) is 61.2 Å². The molecule has 178 valence electrons. The Morgan fingerprint density at radius 3 is 2.47 bits per heavy atom. The first kappa shape index (κ1) is 23.9. The largest absolute Gasteiger partial charge is 0.497 e. The second-order valence-electron chi connectivity index (χ2n) is 8.28. The molecule has 1 aromatic heterocycles. The number of aromatic nitrogens is 3. The quantitative estimate of drug-likeness (QED) is 0.335. The molecule has 2 aromatic carbocycles. The molecule has 1 unspecified atom stereocenters. The lowest BCUT2D eigenvalue weighted by atomic mass is 10.1. The topological polar surface area (TPSA) is 72.3 Å². The average molecular weight is 478 g/mol. The van der Waals surface area contributed by atoms with Gasteiger partial charge in [0, 0.05) is 36.6 Å². The first-order valence-electron chi connectivity index (χ1n) is 11.6. The molecule has 0 spiro atoms. The highest BCUT2D eigenvalue weighted by Crippen LogP contribution is 2.29. The average Bonchev–Trinajstić information content (AvgIpc) is 3.27. The fraction of sp³-hybridized carbons (Fsp3) is 0.346. The van der Waals surface area contributed by atoms with E-state index in [1.807, 2.05) is 47.9 Å². The number of nitrogens with one attached hydrogen (secondary N) is 1. The number of carbonyl (C=O) groups excluding carboxylic acids is 1. The number of allylic oxidation sites excluding steroid dienone is 1. The van der Waals surface area contributed by atoms with E-state index in [-0.39, 0.29) is 11.2 Å². The number of piperidine rings is 1. The Morgan fingerprint density at radius 1 is 1.12 bits per heavy atom. The molecule has 34 heavy (non-hydrogen) atoms. The lowest BCUT2D eigenvalue weighted by Crippen LogP contribution is -2.29. The predicted molar refractivity (Wildman–Crippen MR) is 139 cm³/mol. The number of benzene rings is 2. The third-order valence-electron chi connectivity index (χ3n) is 5.88. The molecule has 0 bridgehead atoms. The van der Waals surface area contributed by atoms with E-state index in [1.54, 1.807) is 13.2 Å². The van der Waals surface area contributed by atoms with Crippen molar-refractivity contribution >= 4 is 29.0 Å². The van der Waals surface area contributed by atoms with Gasteiger partial charge in [0.1, 0.15) is 5.75 Å². The summed E-state index contributed by atoms with van der Waals surface area (Å²) in [6.07, 6.45) is 5.59. The molecule has 0 aliphatic carbocycles. The van der Waals surface area contributed by atoms with Crippen LogP contribution in [-0.4, -0.2) is 46.1 Å². The number of thioether (sulfide) groups is 1. The van der Waals surface area contributed by atoms with Gasteiger partial charge < -0.3 is 15.0 Å². The number of ether oxygens (including phenoxy) is 1. The van der Waals surface area contributed by atoms with Crippen LogP contribution in [0.15, 0.2) is 66.3 Å². The van der Waals surface area contributed by atoms with Gasteiger partial charge in [-0.3, -0.25) is 9.36 Å². The number of carbonyl (C=O) groups is 1. The van der Waals surface area contributed by atoms with E-state index in [1.165, 1.54) is 36.7 Å². The summed E-state index contributed by atoms with van der Waals surface area (Å²) in [5.41, 5.74) is 2.93. The first-order valence-corrected chi connectivity index (χ1v) is 12.5. The minimum absolute atomic E-state index is 0.0742. The Balaban J connectivity index is 1.42. The number of nitrogens with zero attached hydrogens (tertiary/aromatic N) is 4. The van der Waals surface area contributed by atoms with Crippen LogP contribution in [0.2, 0.25) is 0 Å². The highest BCUT2D eigenvalue weighted by Gasteiger charge is 2.21. The molecule has 1 atom stereocenters. The molecular weight excluding hydrogens is 446 g/mol.